The molecule has 6 nitrogen and oxygen atoms in total. The van der Waals surface area contributed by atoms with Crippen LogP contribution in [0, 0.1) is 0 Å². The summed E-state index contributed by atoms with van der Waals surface area (Å²) in [5, 5.41) is 0. The zero-order valence-corrected chi connectivity index (χ0v) is 26.2. The lowest BCUT2D eigenvalue weighted by Crippen LogP contribution is -2.62. The number of quaternary nitrogens is 1. The summed E-state index contributed by atoms with van der Waals surface area (Å²) >= 11 is 0. The third-order valence-corrected chi connectivity index (χ3v) is 8.38. The molecular formula is C31H63ClN3O3+. The van der Waals surface area contributed by atoms with Gasteiger partial charge in [-0.05, 0) is 33.4 Å². The van der Waals surface area contributed by atoms with Gasteiger partial charge in [-0.2, -0.15) is 0 Å². The molecule has 2 amide bonds. The van der Waals surface area contributed by atoms with Gasteiger partial charge in [0.05, 0.1) is 32.2 Å². The number of likely N-dealkylation sites (tertiary alicyclic amines) is 1. The first-order valence-corrected chi connectivity index (χ1v) is 15.9. The van der Waals surface area contributed by atoms with Crippen molar-refractivity contribution < 1.29 is 18.9 Å². The van der Waals surface area contributed by atoms with Crippen molar-refractivity contribution in [1.29, 1.82) is 0 Å². The van der Waals surface area contributed by atoms with E-state index in [0.717, 1.165) is 51.7 Å². The summed E-state index contributed by atoms with van der Waals surface area (Å²) in [7, 11) is 4.21. The van der Waals surface area contributed by atoms with Gasteiger partial charge in [-0.15, -0.1) is 12.4 Å². The van der Waals surface area contributed by atoms with E-state index in [9.17, 15) is 9.59 Å². The average Bonchev–Trinajstić information content (AvgIpc) is 2.89. The first-order chi connectivity index (χ1) is 18.1. The second-order valence-corrected chi connectivity index (χ2v) is 11.8. The topological polar surface area (TPSA) is 58.6 Å². The summed E-state index contributed by atoms with van der Waals surface area (Å²) in [6.45, 7) is 5.68. The Balaban J connectivity index is 0.0000137. The van der Waals surface area contributed by atoms with Crippen molar-refractivity contribution >= 4 is 24.7 Å². The van der Waals surface area contributed by atoms with E-state index in [1.54, 1.807) is 0 Å². The molecule has 0 radical (unpaired) electrons. The maximum absolute atomic E-state index is 13.7. The third kappa shape index (κ3) is 17.1. The van der Waals surface area contributed by atoms with Crippen LogP contribution in [0.3, 0.4) is 0 Å². The van der Waals surface area contributed by atoms with Gasteiger partial charge in [0.15, 0.2) is 0 Å². The molecule has 0 aliphatic carbocycles. The fraction of sp³-hybridized carbons (Fsp3) is 0.935. The van der Waals surface area contributed by atoms with Crippen molar-refractivity contribution in [3.05, 3.63) is 0 Å². The molecule has 0 saturated carbocycles. The summed E-state index contributed by atoms with van der Waals surface area (Å²) in [4.78, 5) is 31.7. The number of piperidine rings is 1. The van der Waals surface area contributed by atoms with E-state index in [-0.39, 0.29) is 12.4 Å². The van der Waals surface area contributed by atoms with Gasteiger partial charge >= 0.3 is 5.91 Å². The number of unbranched alkanes of at least 4 members (excludes halogenated alkanes) is 14. The predicted molar refractivity (Wildman–Crippen MR) is 162 cm³/mol. The fourth-order valence-electron chi connectivity index (χ4n) is 6.17. The van der Waals surface area contributed by atoms with Gasteiger partial charge in [-0.3, -0.25) is 14.1 Å². The summed E-state index contributed by atoms with van der Waals surface area (Å²) < 4.78 is 0.636. The van der Waals surface area contributed by atoms with Crippen molar-refractivity contribution in [2.24, 2.45) is 0 Å². The van der Waals surface area contributed by atoms with E-state index in [0.29, 0.717) is 35.9 Å². The quantitative estimate of drug-likeness (QED) is 0.0541. The zero-order valence-electron chi connectivity index (χ0n) is 25.4. The van der Waals surface area contributed by atoms with Crippen LogP contribution in [0.5, 0.6) is 0 Å². The minimum absolute atomic E-state index is 0. The number of rotatable bonds is 25. The second-order valence-electron chi connectivity index (χ2n) is 11.8. The lowest BCUT2D eigenvalue weighted by Gasteiger charge is -2.46. The second kappa shape index (κ2) is 25.3. The van der Waals surface area contributed by atoms with E-state index in [4.69, 9.17) is 4.84 Å². The number of hydrogen-bond donors (Lipinski definition) is 1. The summed E-state index contributed by atoms with van der Waals surface area (Å²) in [5.41, 5.74) is 2.31. The molecule has 1 rings (SSSR count). The fourth-order valence-corrected chi connectivity index (χ4v) is 6.17. The first kappa shape index (κ1) is 37.3. The molecule has 1 fully saturated rings. The molecule has 38 heavy (non-hydrogen) atoms. The first-order valence-electron chi connectivity index (χ1n) is 15.9. The molecule has 1 aliphatic heterocycles. The van der Waals surface area contributed by atoms with Crippen molar-refractivity contribution in [2.75, 3.05) is 40.3 Å². The Morgan fingerprint density at radius 1 is 0.868 bits per heavy atom. The van der Waals surface area contributed by atoms with Crippen molar-refractivity contribution in [3.8, 4) is 0 Å². The number of amides is 2. The number of hydroxylamine groups is 1. The SMILES string of the molecule is CCCCCCCCCCCCCCCCCC(=O)[N+]1(CCCN(C)C)CCCCC1CCONC=O.Cl. The number of carbonyl (C=O) groups is 2. The molecule has 0 aromatic heterocycles. The minimum atomic E-state index is 0. The molecule has 1 heterocycles. The molecule has 2 unspecified atom stereocenters. The van der Waals surface area contributed by atoms with Crippen LogP contribution < -0.4 is 5.48 Å². The molecule has 0 aromatic carbocycles. The number of nitrogens with zero attached hydrogens (tertiary/aromatic N) is 2. The van der Waals surface area contributed by atoms with Crippen LogP contribution in [0.2, 0.25) is 0 Å². The number of carbonyl (C=O) groups excluding carboxylic acids is 2. The monoisotopic (exact) mass is 560 g/mol. The summed E-state index contributed by atoms with van der Waals surface area (Å²) in [5.74, 6) is 0.446. The van der Waals surface area contributed by atoms with Crippen molar-refractivity contribution in [2.45, 2.75) is 148 Å². The van der Waals surface area contributed by atoms with Crippen LogP contribution >= 0.6 is 12.4 Å². The van der Waals surface area contributed by atoms with Crippen LogP contribution in [-0.2, 0) is 14.4 Å². The largest absolute Gasteiger partial charge is 0.313 e. The van der Waals surface area contributed by atoms with E-state index < -0.39 is 0 Å². The summed E-state index contributed by atoms with van der Waals surface area (Å²) in [6, 6.07) is 0.313. The molecule has 226 valence electrons. The van der Waals surface area contributed by atoms with Gasteiger partial charge in [0.1, 0.15) is 0 Å². The van der Waals surface area contributed by atoms with Crippen molar-refractivity contribution in [3.63, 3.8) is 0 Å². The lowest BCUT2D eigenvalue weighted by molar-refractivity contribution is -0.886. The summed E-state index contributed by atoms with van der Waals surface area (Å²) in [6.07, 6.45) is 26.8. The maximum atomic E-state index is 13.7. The van der Waals surface area contributed by atoms with Gasteiger partial charge in [0, 0.05) is 25.8 Å². The number of nitrogens with one attached hydrogen (secondary N) is 1. The van der Waals surface area contributed by atoms with E-state index >= 15 is 0 Å². The van der Waals surface area contributed by atoms with Gasteiger partial charge in [0.25, 0.3) is 0 Å². The highest BCUT2D eigenvalue weighted by Gasteiger charge is 2.44. The third-order valence-electron chi connectivity index (χ3n) is 8.38. The van der Waals surface area contributed by atoms with Crippen molar-refractivity contribution in [1.82, 2.24) is 10.4 Å². The Bertz CT molecular complexity index is 564. The Morgan fingerprint density at radius 3 is 1.95 bits per heavy atom. The smallest absolute Gasteiger partial charge is 0.309 e. The van der Waals surface area contributed by atoms with E-state index in [1.165, 1.54) is 96.3 Å². The van der Waals surface area contributed by atoms with Gasteiger partial charge in [-0.1, -0.05) is 96.8 Å². The average molecular weight is 561 g/mol. The highest BCUT2D eigenvalue weighted by Crippen LogP contribution is 2.31. The molecule has 0 aromatic rings. The minimum Gasteiger partial charge on any atom is -0.309 e. The zero-order chi connectivity index (χ0) is 27.0. The Hall–Kier alpha value is -0.690. The Kier molecular flexibility index (Phi) is 24.8. The Labute approximate surface area is 242 Å². The van der Waals surface area contributed by atoms with Crippen LogP contribution in [0.4, 0.5) is 0 Å². The van der Waals surface area contributed by atoms with E-state index in [1.807, 2.05) is 0 Å². The standard InChI is InChI=1S/C31H61N3O3.ClH/c1-4-5-6-7-8-9-10-11-12-13-14-15-16-17-18-23-31(36)34(27-21-25-33(2)3)26-20-19-22-30(34)24-28-37-32-29-35;/h29-30H,4-28H2,1-3H3;1H/p+1. The highest BCUT2D eigenvalue weighted by molar-refractivity contribution is 5.85. The van der Waals surface area contributed by atoms with Crippen LogP contribution in [0.15, 0.2) is 0 Å². The molecule has 1 saturated heterocycles. The Morgan fingerprint density at radius 2 is 1.42 bits per heavy atom. The number of hydrogen-bond acceptors (Lipinski definition) is 4. The van der Waals surface area contributed by atoms with Crippen LogP contribution in [0.1, 0.15) is 142 Å². The molecule has 1 aliphatic rings. The van der Waals surface area contributed by atoms with Gasteiger partial charge in [-0.25, -0.2) is 10.3 Å². The lowest BCUT2D eigenvalue weighted by atomic mass is 9.93. The molecular weight excluding hydrogens is 498 g/mol. The number of halogens is 1. The highest BCUT2D eigenvalue weighted by atomic mass is 35.5. The molecule has 0 bridgehead atoms. The molecule has 7 heteroatoms. The molecule has 1 N–H and O–H groups in total. The van der Waals surface area contributed by atoms with Crippen LogP contribution in [0.25, 0.3) is 0 Å². The van der Waals surface area contributed by atoms with Crippen LogP contribution in [-0.4, -0.2) is 68.1 Å². The maximum Gasteiger partial charge on any atom is 0.313 e. The molecule has 0 spiro atoms. The molecule has 2 atom stereocenters. The predicted octanol–water partition coefficient (Wildman–Crippen LogP) is 7.59. The normalized spacial score (nSPS) is 19.3. The van der Waals surface area contributed by atoms with E-state index in [2.05, 4.69) is 31.4 Å². The van der Waals surface area contributed by atoms with Gasteiger partial charge < -0.3 is 4.90 Å². The van der Waals surface area contributed by atoms with Gasteiger partial charge in [0.2, 0.25) is 6.41 Å².